The standard InChI is InChI=1S/C35H43ClN8O4/c1-20(45)16-43-14-12-29-27(18-43)37-32(41(29)4)34(47)39-25-10-6-8-23(22(25)3)24-9-7-11-26(31(24)36)40-35(48)33-38-28-19-44(17-21(2)46)15-13-30(28)42(33)5/h6-11,20-21,45-46H,12-19H2,1-5H3,(H,39,47)(H,40,48)/t20-,21-/m0/s1. The van der Waals surface area contributed by atoms with Gasteiger partial charge in [-0.15, -0.1) is 0 Å². The summed E-state index contributed by atoms with van der Waals surface area (Å²) >= 11 is 6.94. The van der Waals surface area contributed by atoms with Gasteiger partial charge in [0, 0.05) is 88.8 Å². The molecule has 0 spiro atoms. The third kappa shape index (κ3) is 6.76. The first kappa shape index (κ1) is 33.8. The van der Waals surface area contributed by atoms with Gasteiger partial charge in [-0.1, -0.05) is 35.9 Å². The molecule has 0 aliphatic carbocycles. The maximum atomic E-state index is 13.5. The van der Waals surface area contributed by atoms with E-state index in [1.165, 1.54) is 0 Å². The molecule has 12 nitrogen and oxygen atoms in total. The summed E-state index contributed by atoms with van der Waals surface area (Å²) in [7, 11) is 3.71. The van der Waals surface area contributed by atoms with Crippen molar-refractivity contribution in [3.05, 3.63) is 81.4 Å². The van der Waals surface area contributed by atoms with Crippen molar-refractivity contribution in [3.8, 4) is 11.1 Å². The van der Waals surface area contributed by atoms with Crippen molar-refractivity contribution in [1.29, 1.82) is 0 Å². The molecule has 2 aliphatic heterocycles. The predicted octanol–water partition coefficient (Wildman–Crippen LogP) is 3.76. The van der Waals surface area contributed by atoms with Crippen molar-refractivity contribution in [2.24, 2.45) is 14.1 Å². The number of amides is 2. The molecule has 2 amide bonds. The quantitative estimate of drug-likeness (QED) is 0.210. The number of nitrogens with zero attached hydrogens (tertiary/aromatic N) is 6. The number of anilines is 2. The Labute approximate surface area is 285 Å². The van der Waals surface area contributed by atoms with E-state index in [-0.39, 0.29) is 11.8 Å². The fourth-order valence-corrected chi connectivity index (χ4v) is 7.16. The number of aromatic nitrogens is 4. The first-order valence-electron chi connectivity index (χ1n) is 16.3. The van der Waals surface area contributed by atoms with Crippen molar-refractivity contribution in [1.82, 2.24) is 28.9 Å². The third-order valence-electron chi connectivity index (χ3n) is 9.24. The van der Waals surface area contributed by atoms with Crippen molar-refractivity contribution < 1.29 is 19.8 Å². The van der Waals surface area contributed by atoms with E-state index in [0.29, 0.717) is 59.8 Å². The predicted molar refractivity (Wildman–Crippen MR) is 185 cm³/mol. The van der Waals surface area contributed by atoms with Gasteiger partial charge in [-0.2, -0.15) is 0 Å². The molecule has 48 heavy (non-hydrogen) atoms. The zero-order valence-corrected chi connectivity index (χ0v) is 28.8. The summed E-state index contributed by atoms with van der Waals surface area (Å²) in [6, 6.07) is 11.1. The second kappa shape index (κ2) is 13.8. The van der Waals surface area contributed by atoms with Crippen molar-refractivity contribution in [2.45, 2.75) is 58.9 Å². The number of β-amino-alcohol motifs (C(OH)–C–C–N with tert-alkyl or cyclic N) is 2. The minimum atomic E-state index is -0.437. The molecule has 0 saturated heterocycles. The normalized spacial score (nSPS) is 16.2. The van der Waals surface area contributed by atoms with E-state index in [1.807, 2.05) is 60.5 Å². The Hall–Kier alpha value is -4.07. The number of rotatable bonds is 9. The van der Waals surface area contributed by atoms with Crippen LogP contribution in [0.15, 0.2) is 36.4 Å². The number of carbonyl (C=O) groups excluding carboxylic acids is 2. The van der Waals surface area contributed by atoms with Gasteiger partial charge >= 0.3 is 0 Å². The molecule has 6 rings (SSSR count). The molecule has 0 fully saturated rings. The molecule has 0 bridgehead atoms. The average Bonchev–Trinajstić information content (AvgIpc) is 3.54. The SMILES string of the molecule is Cc1c(NC(=O)c2nc3c(n2C)CCN(C[C@H](C)O)C3)cccc1-c1cccc(NC(=O)c2nc3c(n2C)CCN(C[C@H](C)O)C3)c1Cl. The van der Waals surface area contributed by atoms with E-state index in [1.54, 1.807) is 19.9 Å². The van der Waals surface area contributed by atoms with E-state index < -0.39 is 12.2 Å². The molecule has 4 aromatic rings. The fraction of sp³-hybridized carbons (Fsp3) is 0.429. The largest absolute Gasteiger partial charge is 0.392 e. The van der Waals surface area contributed by atoms with E-state index in [4.69, 9.17) is 11.6 Å². The van der Waals surface area contributed by atoms with Crippen LogP contribution >= 0.6 is 11.6 Å². The third-order valence-corrected chi connectivity index (χ3v) is 9.65. The Kier molecular flexibility index (Phi) is 9.73. The van der Waals surface area contributed by atoms with Crippen LogP contribution in [0, 0.1) is 6.92 Å². The summed E-state index contributed by atoms with van der Waals surface area (Å²) in [6.45, 7) is 9.33. The Morgan fingerprint density at radius 1 is 0.792 bits per heavy atom. The number of hydrogen-bond acceptors (Lipinski definition) is 8. The number of fused-ring (bicyclic) bond motifs is 2. The average molecular weight is 675 g/mol. The number of aliphatic hydroxyl groups excluding tert-OH is 2. The van der Waals surface area contributed by atoms with Crippen LogP contribution in [-0.2, 0) is 40.0 Å². The second-order valence-electron chi connectivity index (χ2n) is 13.0. The monoisotopic (exact) mass is 674 g/mol. The van der Waals surface area contributed by atoms with E-state index >= 15 is 0 Å². The molecule has 254 valence electrons. The van der Waals surface area contributed by atoms with Gasteiger partial charge in [-0.05, 0) is 44.0 Å². The molecule has 0 unspecified atom stereocenters. The Bertz CT molecular complexity index is 1730. The summed E-state index contributed by atoms with van der Waals surface area (Å²) in [5.41, 5.74) is 7.16. The lowest BCUT2D eigenvalue weighted by Crippen LogP contribution is -2.36. The number of nitrogens with one attached hydrogen (secondary N) is 2. The molecule has 0 radical (unpaired) electrons. The highest BCUT2D eigenvalue weighted by Gasteiger charge is 2.28. The van der Waals surface area contributed by atoms with Crippen LogP contribution in [0.25, 0.3) is 11.1 Å². The molecule has 2 atom stereocenters. The van der Waals surface area contributed by atoms with E-state index in [9.17, 15) is 19.8 Å². The zero-order valence-electron chi connectivity index (χ0n) is 28.0. The molecule has 4 heterocycles. The first-order chi connectivity index (χ1) is 22.9. The van der Waals surface area contributed by atoms with Crippen LogP contribution < -0.4 is 10.6 Å². The van der Waals surface area contributed by atoms with Crippen LogP contribution in [-0.4, -0.2) is 89.3 Å². The summed E-state index contributed by atoms with van der Waals surface area (Å²) < 4.78 is 3.69. The smallest absolute Gasteiger partial charge is 0.291 e. The van der Waals surface area contributed by atoms with Gasteiger partial charge in [0.2, 0.25) is 0 Å². The molecule has 2 aromatic heterocycles. The lowest BCUT2D eigenvalue weighted by Gasteiger charge is -2.27. The number of carbonyl (C=O) groups is 2. The van der Waals surface area contributed by atoms with Gasteiger partial charge in [0.15, 0.2) is 11.6 Å². The van der Waals surface area contributed by atoms with Crippen LogP contribution in [0.2, 0.25) is 5.02 Å². The summed E-state index contributed by atoms with van der Waals surface area (Å²) in [5.74, 6) is -0.0448. The lowest BCUT2D eigenvalue weighted by atomic mass is 9.98. The highest BCUT2D eigenvalue weighted by atomic mass is 35.5. The molecule has 2 aliphatic rings. The Balaban J connectivity index is 1.20. The highest BCUT2D eigenvalue weighted by molar-refractivity contribution is 6.36. The highest BCUT2D eigenvalue weighted by Crippen LogP contribution is 2.38. The number of imidazole rings is 2. The summed E-state index contributed by atoms with van der Waals surface area (Å²) in [4.78, 5) is 40.6. The topological polar surface area (TPSA) is 141 Å². The van der Waals surface area contributed by atoms with Gasteiger partial charge in [0.25, 0.3) is 11.8 Å². The number of aliphatic hydroxyl groups is 2. The van der Waals surface area contributed by atoms with E-state index in [0.717, 1.165) is 59.8 Å². The number of hydrogen-bond donors (Lipinski definition) is 4. The van der Waals surface area contributed by atoms with Gasteiger partial charge < -0.3 is 30.0 Å². The van der Waals surface area contributed by atoms with Crippen LogP contribution in [0.3, 0.4) is 0 Å². The minimum Gasteiger partial charge on any atom is -0.392 e. The Morgan fingerprint density at radius 3 is 1.75 bits per heavy atom. The first-order valence-corrected chi connectivity index (χ1v) is 16.7. The molecule has 13 heteroatoms. The maximum absolute atomic E-state index is 13.5. The Morgan fingerprint density at radius 2 is 1.25 bits per heavy atom. The summed E-state index contributed by atoms with van der Waals surface area (Å²) in [5, 5.41) is 26.0. The number of halogens is 1. The molecule has 2 aromatic carbocycles. The molecular formula is C35H43ClN8O4. The zero-order chi connectivity index (χ0) is 34.3. The van der Waals surface area contributed by atoms with Crippen LogP contribution in [0.4, 0.5) is 11.4 Å². The van der Waals surface area contributed by atoms with Crippen LogP contribution in [0.1, 0.15) is 63.4 Å². The van der Waals surface area contributed by atoms with Crippen molar-refractivity contribution in [3.63, 3.8) is 0 Å². The minimum absolute atomic E-state index is 0.299. The molecular weight excluding hydrogens is 632 g/mol. The lowest BCUT2D eigenvalue weighted by molar-refractivity contribution is 0.100. The second-order valence-corrected chi connectivity index (χ2v) is 13.4. The van der Waals surface area contributed by atoms with Gasteiger partial charge in [0.05, 0.1) is 34.3 Å². The van der Waals surface area contributed by atoms with Gasteiger partial charge in [-0.3, -0.25) is 19.4 Å². The van der Waals surface area contributed by atoms with Gasteiger partial charge in [-0.25, -0.2) is 9.97 Å². The van der Waals surface area contributed by atoms with Gasteiger partial charge in [0.1, 0.15) is 0 Å². The molecule has 0 saturated carbocycles. The maximum Gasteiger partial charge on any atom is 0.291 e. The molecule has 4 N–H and O–H groups in total. The fourth-order valence-electron chi connectivity index (χ4n) is 6.89. The van der Waals surface area contributed by atoms with Crippen molar-refractivity contribution in [2.75, 3.05) is 36.8 Å². The van der Waals surface area contributed by atoms with Crippen molar-refractivity contribution >= 4 is 34.8 Å². The van der Waals surface area contributed by atoms with Crippen LogP contribution in [0.5, 0.6) is 0 Å². The van der Waals surface area contributed by atoms with E-state index in [2.05, 4.69) is 30.4 Å². The number of benzene rings is 2. The summed E-state index contributed by atoms with van der Waals surface area (Å²) in [6.07, 6.45) is 0.628.